The first-order valence-corrected chi connectivity index (χ1v) is 7.81. The molecule has 23 heavy (non-hydrogen) atoms. The minimum atomic E-state index is -0.0443. The van der Waals surface area contributed by atoms with Crippen LogP contribution in [0.5, 0.6) is 5.75 Å². The highest BCUT2D eigenvalue weighted by Crippen LogP contribution is 2.13. The third-order valence-corrected chi connectivity index (χ3v) is 3.51. The highest BCUT2D eigenvalue weighted by atomic mass is 16.5. The van der Waals surface area contributed by atoms with Crippen molar-refractivity contribution in [2.45, 2.75) is 19.9 Å². The highest BCUT2D eigenvalue weighted by molar-refractivity contribution is 5.76. The number of aryl methyl sites for hydroxylation is 1. The Morgan fingerprint density at radius 2 is 1.91 bits per heavy atom. The monoisotopic (exact) mass is 313 g/mol. The van der Waals surface area contributed by atoms with Crippen molar-refractivity contribution in [1.29, 1.82) is 0 Å². The first kappa shape index (κ1) is 17.0. The van der Waals surface area contributed by atoms with Gasteiger partial charge in [0.1, 0.15) is 5.75 Å². The van der Waals surface area contributed by atoms with E-state index in [4.69, 9.17) is 4.74 Å². The second-order valence-corrected chi connectivity index (χ2v) is 5.44. The van der Waals surface area contributed by atoms with Gasteiger partial charge in [-0.1, -0.05) is 42.5 Å². The van der Waals surface area contributed by atoms with Crippen molar-refractivity contribution in [2.24, 2.45) is 0 Å². The first-order valence-electron chi connectivity index (χ1n) is 7.81. The Morgan fingerprint density at radius 3 is 2.61 bits per heavy atom. The van der Waals surface area contributed by atoms with Crippen molar-refractivity contribution in [3.8, 4) is 5.75 Å². The van der Waals surface area contributed by atoms with Crippen LogP contribution in [0.2, 0.25) is 0 Å². The zero-order valence-corrected chi connectivity index (χ0v) is 13.4. The normalized spacial score (nSPS) is 10.3. The van der Waals surface area contributed by atoms with Crippen LogP contribution in [-0.4, -0.2) is 35.7 Å². The van der Waals surface area contributed by atoms with Crippen molar-refractivity contribution in [1.82, 2.24) is 4.90 Å². The summed E-state index contributed by atoms with van der Waals surface area (Å²) < 4.78 is 5.63. The van der Waals surface area contributed by atoms with Crippen molar-refractivity contribution in [2.75, 3.05) is 19.8 Å². The van der Waals surface area contributed by atoms with E-state index < -0.39 is 0 Å². The van der Waals surface area contributed by atoms with E-state index in [0.717, 1.165) is 16.9 Å². The van der Waals surface area contributed by atoms with Gasteiger partial charge in [-0.3, -0.25) is 4.79 Å². The van der Waals surface area contributed by atoms with Gasteiger partial charge in [0.05, 0.1) is 19.6 Å². The summed E-state index contributed by atoms with van der Waals surface area (Å²) in [5.74, 6) is 0.755. The summed E-state index contributed by atoms with van der Waals surface area (Å²) in [7, 11) is 0. The van der Waals surface area contributed by atoms with Gasteiger partial charge in [-0.2, -0.15) is 0 Å². The molecule has 122 valence electrons. The van der Waals surface area contributed by atoms with Gasteiger partial charge in [0.25, 0.3) is 0 Å². The van der Waals surface area contributed by atoms with Crippen molar-refractivity contribution in [3.05, 3.63) is 65.7 Å². The lowest BCUT2D eigenvalue weighted by Gasteiger charge is -2.22. The molecule has 0 saturated heterocycles. The molecule has 0 aliphatic carbocycles. The number of amides is 1. The van der Waals surface area contributed by atoms with Gasteiger partial charge in [0.2, 0.25) is 5.91 Å². The number of nitrogens with zero attached hydrogens (tertiary/aromatic N) is 1. The van der Waals surface area contributed by atoms with Crippen LogP contribution in [0.3, 0.4) is 0 Å². The van der Waals surface area contributed by atoms with E-state index in [1.807, 2.05) is 61.5 Å². The Morgan fingerprint density at radius 1 is 1.13 bits per heavy atom. The lowest BCUT2D eigenvalue weighted by Crippen LogP contribution is -2.33. The van der Waals surface area contributed by atoms with Gasteiger partial charge in [-0.25, -0.2) is 0 Å². The molecule has 0 bridgehead atoms. The molecule has 0 saturated carbocycles. The number of ether oxygens (including phenoxy) is 1. The number of aliphatic hydroxyl groups is 1. The summed E-state index contributed by atoms with van der Waals surface area (Å²) in [5, 5.41) is 9.17. The van der Waals surface area contributed by atoms with E-state index in [1.54, 1.807) is 4.90 Å². The van der Waals surface area contributed by atoms with E-state index in [0.29, 0.717) is 26.1 Å². The molecule has 2 aromatic rings. The molecule has 0 unspecified atom stereocenters. The first-order chi connectivity index (χ1) is 11.2. The summed E-state index contributed by atoms with van der Waals surface area (Å²) in [6.45, 7) is 3.13. The molecule has 2 aromatic carbocycles. The SMILES string of the molecule is Cc1cccc(OCCC(=O)N(CCO)Cc2ccccc2)c1. The lowest BCUT2D eigenvalue weighted by atomic mass is 10.2. The Hall–Kier alpha value is -2.33. The fraction of sp³-hybridized carbons (Fsp3) is 0.316. The number of benzene rings is 2. The second kappa shape index (κ2) is 8.96. The van der Waals surface area contributed by atoms with Crippen LogP contribution in [0, 0.1) is 6.92 Å². The molecule has 0 aromatic heterocycles. The Labute approximate surface area is 137 Å². The number of aliphatic hydroxyl groups excluding tert-OH is 1. The molecular weight excluding hydrogens is 290 g/mol. The van der Waals surface area contributed by atoms with Crippen LogP contribution < -0.4 is 4.74 Å². The molecule has 4 nitrogen and oxygen atoms in total. The maximum atomic E-state index is 12.3. The molecule has 1 amide bonds. The molecule has 0 fully saturated rings. The Bertz CT molecular complexity index is 613. The second-order valence-electron chi connectivity index (χ2n) is 5.44. The van der Waals surface area contributed by atoms with E-state index in [2.05, 4.69) is 0 Å². The van der Waals surface area contributed by atoms with E-state index >= 15 is 0 Å². The number of hydrogen-bond acceptors (Lipinski definition) is 3. The summed E-state index contributed by atoms with van der Waals surface area (Å²) in [6, 6.07) is 17.5. The van der Waals surface area contributed by atoms with Crippen molar-refractivity contribution < 1.29 is 14.6 Å². The highest BCUT2D eigenvalue weighted by Gasteiger charge is 2.13. The molecule has 0 aliphatic rings. The van der Waals surface area contributed by atoms with Crippen LogP contribution in [0.1, 0.15) is 17.5 Å². The topological polar surface area (TPSA) is 49.8 Å². The average Bonchev–Trinajstić information content (AvgIpc) is 2.55. The molecule has 2 rings (SSSR count). The fourth-order valence-corrected chi connectivity index (χ4v) is 2.34. The molecule has 0 spiro atoms. The zero-order valence-electron chi connectivity index (χ0n) is 13.4. The summed E-state index contributed by atoms with van der Waals surface area (Å²) in [6.07, 6.45) is 0.292. The maximum Gasteiger partial charge on any atom is 0.226 e. The van der Waals surface area contributed by atoms with Crippen LogP contribution in [0.4, 0.5) is 0 Å². The smallest absolute Gasteiger partial charge is 0.226 e. The van der Waals surface area contributed by atoms with Crippen molar-refractivity contribution >= 4 is 5.91 Å². The van der Waals surface area contributed by atoms with E-state index in [1.165, 1.54) is 0 Å². The fourth-order valence-electron chi connectivity index (χ4n) is 2.34. The predicted molar refractivity (Wildman–Crippen MR) is 90.2 cm³/mol. The summed E-state index contributed by atoms with van der Waals surface area (Å²) >= 11 is 0. The quantitative estimate of drug-likeness (QED) is 0.815. The van der Waals surface area contributed by atoms with Crippen LogP contribution in [0.15, 0.2) is 54.6 Å². The number of rotatable bonds is 8. The zero-order chi connectivity index (χ0) is 16.5. The van der Waals surface area contributed by atoms with Crippen LogP contribution >= 0.6 is 0 Å². The standard InChI is InChI=1S/C19H23NO3/c1-16-6-5-9-18(14-16)23-13-10-19(22)20(11-12-21)15-17-7-3-2-4-8-17/h2-9,14,21H,10-13,15H2,1H3. The van der Waals surface area contributed by atoms with E-state index in [-0.39, 0.29) is 12.5 Å². The van der Waals surface area contributed by atoms with Crippen LogP contribution in [0.25, 0.3) is 0 Å². The van der Waals surface area contributed by atoms with Gasteiger partial charge >= 0.3 is 0 Å². The molecular formula is C19H23NO3. The predicted octanol–water partition coefficient (Wildman–Crippen LogP) is 2.79. The molecule has 0 radical (unpaired) electrons. The molecule has 0 heterocycles. The average molecular weight is 313 g/mol. The van der Waals surface area contributed by atoms with Gasteiger partial charge < -0.3 is 14.7 Å². The third-order valence-electron chi connectivity index (χ3n) is 3.51. The van der Waals surface area contributed by atoms with Crippen molar-refractivity contribution in [3.63, 3.8) is 0 Å². The molecule has 4 heteroatoms. The Kier molecular flexibility index (Phi) is 6.63. The number of carbonyl (C=O) groups is 1. The maximum absolute atomic E-state index is 12.3. The summed E-state index contributed by atoms with van der Waals surface area (Å²) in [4.78, 5) is 14.0. The number of carbonyl (C=O) groups excluding carboxylic acids is 1. The number of hydrogen-bond donors (Lipinski definition) is 1. The molecule has 0 atom stereocenters. The van der Waals surface area contributed by atoms with Crippen LogP contribution in [-0.2, 0) is 11.3 Å². The minimum absolute atomic E-state index is 0.0180. The minimum Gasteiger partial charge on any atom is -0.493 e. The lowest BCUT2D eigenvalue weighted by molar-refractivity contribution is -0.132. The Balaban J connectivity index is 1.85. The largest absolute Gasteiger partial charge is 0.493 e. The van der Waals surface area contributed by atoms with E-state index in [9.17, 15) is 9.90 Å². The van der Waals surface area contributed by atoms with Gasteiger partial charge in [0, 0.05) is 13.1 Å². The molecule has 0 aliphatic heterocycles. The summed E-state index contributed by atoms with van der Waals surface area (Å²) in [5.41, 5.74) is 2.17. The van der Waals surface area contributed by atoms with Gasteiger partial charge in [-0.05, 0) is 30.2 Å². The third kappa shape index (κ3) is 5.75. The van der Waals surface area contributed by atoms with Gasteiger partial charge in [0.15, 0.2) is 0 Å². The van der Waals surface area contributed by atoms with Gasteiger partial charge in [-0.15, -0.1) is 0 Å². The molecule has 1 N–H and O–H groups in total.